The molecule has 1 fully saturated rings. The van der Waals surface area contributed by atoms with E-state index in [4.69, 9.17) is 5.73 Å². The van der Waals surface area contributed by atoms with Crippen LogP contribution in [0.15, 0.2) is 24.3 Å². The second-order valence-corrected chi connectivity index (χ2v) is 5.49. The summed E-state index contributed by atoms with van der Waals surface area (Å²) in [6.07, 6.45) is 3.57. The van der Waals surface area contributed by atoms with Crippen molar-refractivity contribution in [3.8, 4) is 0 Å². The van der Waals surface area contributed by atoms with Gasteiger partial charge in [-0.1, -0.05) is 24.6 Å². The van der Waals surface area contributed by atoms with Gasteiger partial charge in [-0.3, -0.25) is 4.90 Å². The first-order valence-electron chi connectivity index (χ1n) is 6.80. The van der Waals surface area contributed by atoms with Crippen LogP contribution >= 0.6 is 0 Å². The molecule has 1 aromatic rings. The van der Waals surface area contributed by atoms with E-state index in [0.717, 1.165) is 18.5 Å². The maximum atomic E-state index is 13.7. The van der Waals surface area contributed by atoms with Gasteiger partial charge in [0.05, 0.1) is 0 Å². The molecule has 3 unspecified atom stereocenters. The number of hydrogen-bond donors (Lipinski definition) is 1. The van der Waals surface area contributed by atoms with Gasteiger partial charge in [0, 0.05) is 24.2 Å². The Morgan fingerprint density at radius 3 is 2.72 bits per heavy atom. The van der Waals surface area contributed by atoms with Crippen molar-refractivity contribution in [3.05, 3.63) is 35.6 Å². The number of nitrogens with two attached hydrogens (primary N) is 1. The summed E-state index contributed by atoms with van der Waals surface area (Å²) in [5.74, 6) is 0.441. The SMILES string of the molecule is CC(c1ccccc1F)N(C)CC1CCCC1N. The minimum atomic E-state index is -0.118. The van der Waals surface area contributed by atoms with Gasteiger partial charge in [0.15, 0.2) is 0 Å². The molecule has 0 aromatic heterocycles. The lowest BCUT2D eigenvalue weighted by molar-refractivity contribution is 0.209. The summed E-state index contributed by atoms with van der Waals surface area (Å²) in [6.45, 7) is 3.01. The van der Waals surface area contributed by atoms with Crippen LogP contribution in [-0.4, -0.2) is 24.5 Å². The Labute approximate surface area is 109 Å². The molecule has 0 heterocycles. The maximum Gasteiger partial charge on any atom is 0.127 e. The number of benzene rings is 1. The lowest BCUT2D eigenvalue weighted by Crippen LogP contribution is -2.35. The van der Waals surface area contributed by atoms with E-state index in [1.807, 2.05) is 12.1 Å². The van der Waals surface area contributed by atoms with Gasteiger partial charge in [-0.15, -0.1) is 0 Å². The molecule has 0 amide bonds. The highest BCUT2D eigenvalue weighted by Gasteiger charge is 2.26. The molecule has 2 rings (SSSR count). The first-order valence-corrected chi connectivity index (χ1v) is 6.80. The lowest BCUT2D eigenvalue weighted by atomic mass is 10.0. The van der Waals surface area contributed by atoms with Crippen LogP contribution in [0.2, 0.25) is 0 Å². The number of nitrogens with zero attached hydrogens (tertiary/aromatic N) is 1. The molecule has 18 heavy (non-hydrogen) atoms. The molecule has 0 bridgehead atoms. The molecule has 3 heteroatoms. The Balaban J connectivity index is 2.00. The standard InChI is InChI=1S/C15H23FN2/c1-11(13-7-3-4-8-14(13)16)18(2)10-12-6-5-9-15(12)17/h3-4,7-8,11-12,15H,5-6,9-10,17H2,1-2H3. The zero-order valence-corrected chi connectivity index (χ0v) is 11.3. The molecule has 0 aliphatic heterocycles. The van der Waals surface area contributed by atoms with Gasteiger partial charge in [0.25, 0.3) is 0 Å². The molecule has 1 aromatic carbocycles. The van der Waals surface area contributed by atoms with E-state index in [9.17, 15) is 4.39 Å². The fourth-order valence-electron chi connectivity index (χ4n) is 2.87. The van der Waals surface area contributed by atoms with Crippen molar-refractivity contribution < 1.29 is 4.39 Å². The van der Waals surface area contributed by atoms with Crippen LogP contribution in [-0.2, 0) is 0 Å². The number of halogens is 1. The third kappa shape index (κ3) is 2.90. The maximum absolute atomic E-state index is 13.7. The summed E-state index contributed by atoms with van der Waals surface area (Å²) in [6, 6.07) is 7.44. The molecule has 100 valence electrons. The summed E-state index contributed by atoms with van der Waals surface area (Å²) >= 11 is 0. The predicted octanol–water partition coefficient (Wildman–Crippen LogP) is 2.95. The Hall–Kier alpha value is -0.930. The number of hydrogen-bond acceptors (Lipinski definition) is 2. The van der Waals surface area contributed by atoms with E-state index in [1.54, 1.807) is 6.07 Å². The highest BCUT2D eigenvalue weighted by Crippen LogP contribution is 2.28. The highest BCUT2D eigenvalue weighted by molar-refractivity contribution is 5.20. The van der Waals surface area contributed by atoms with Gasteiger partial charge >= 0.3 is 0 Å². The van der Waals surface area contributed by atoms with Crippen LogP contribution in [0, 0.1) is 11.7 Å². The molecule has 1 aliphatic rings. The van der Waals surface area contributed by atoms with Gasteiger partial charge in [0.2, 0.25) is 0 Å². The summed E-state index contributed by atoms with van der Waals surface area (Å²) in [5, 5.41) is 0. The van der Waals surface area contributed by atoms with Crippen LogP contribution in [0.5, 0.6) is 0 Å². The predicted molar refractivity (Wildman–Crippen MR) is 72.8 cm³/mol. The zero-order valence-electron chi connectivity index (χ0n) is 11.3. The Morgan fingerprint density at radius 2 is 2.11 bits per heavy atom. The fraction of sp³-hybridized carbons (Fsp3) is 0.600. The van der Waals surface area contributed by atoms with E-state index in [0.29, 0.717) is 12.0 Å². The topological polar surface area (TPSA) is 29.3 Å². The zero-order chi connectivity index (χ0) is 13.1. The van der Waals surface area contributed by atoms with Crippen LogP contribution in [0.4, 0.5) is 4.39 Å². The van der Waals surface area contributed by atoms with Gasteiger partial charge in [-0.2, -0.15) is 0 Å². The molecule has 2 N–H and O–H groups in total. The second-order valence-electron chi connectivity index (χ2n) is 5.49. The smallest absolute Gasteiger partial charge is 0.127 e. The quantitative estimate of drug-likeness (QED) is 0.890. The van der Waals surface area contributed by atoms with Gasteiger partial charge in [0.1, 0.15) is 5.82 Å². The molecule has 3 atom stereocenters. The van der Waals surface area contributed by atoms with E-state index in [2.05, 4.69) is 18.9 Å². The monoisotopic (exact) mass is 250 g/mol. The van der Waals surface area contributed by atoms with E-state index < -0.39 is 0 Å². The van der Waals surface area contributed by atoms with Gasteiger partial charge in [-0.05, 0) is 38.8 Å². The minimum absolute atomic E-state index is 0.0963. The average Bonchev–Trinajstić information content (AvgIpc) is 2.75. The van der Waals surface area contributed by atoms with Crippen molar-refractivity contribution in [3.63, 3.8) is 0 Å². The molecule has 0 spiro atoms. The highest BCUT2D eigenvalue weighted by atomic mass is 19.1. The molecule has 0 saturated heterocycles. The van der Waals surface area contributed by atoms with Crippen LogP contribution in [0.1, 0.15) is 37.8 Å². The van der Waals surface area contributed by atoms with Crippen molar-refractivity contribution in [1.82, 2.24) is 4.90 Å². The number of rotatable bonds is 4. The second kappa shape index (κ2) is 5.81. The van der Waals surface area contributed by atoms with Gasteiger partial charge < -0.3 is 5.73 Å². The summed E-state index contributed by atoms with van der Waals surface area (Å²) in [5.41, 5.74) is 6.87. The van der Waals surface area contributed by atoms with E-state index >= 15 is 0 Å². The summed E-state index contributed by atoms with van der Waals surface area (Å²) < 4.78 is 13.7. The Morgan fingerprint density at radius 1 is 1.39 bits per heavy atom. The fourth-order valence-corrected chi connectivity index (χ4v) is 2.87. The lowest BCUT2D eigenvalue weighted by Gasteiger charge is -2.29. The van der Waals surface area contributed by atoms with Crippen molar-refractivity contribution >= 4 is 0 Å². The summed E-state index contributed by atoms with van der Waals surface area (Å²) in [7, 11) is 2.06. The first-order chi connectivity index (χ1) is 8.59. The van der Waals surface area contributed by atoms with Gasteiger partial charge in [-0.25, -0.2) is 4.39 Å². The normalized spacial score (nSPS) is 25.6. The third-order valence-corrected chi connectivity index (χ3v) is 4.26. The molecule has 1 saturated carbocycles. The molecular formula is C15H23FN2. The van der Waals surface area contributed by atoms with Crippen molar-refractivity contribution in [2.24, 2.45) is 11.7 Å². The van der Waals surface area contributed by atoms with Crippen molar-refractivity contribution in [2.75, 3.05) is 13.6 Å². The molecule has 0 radical (unpaired) electrons. The van der Waals surface area contributed by atoms with Crippen LogP contribution < -0.4 is 5.73 Å². The first kappa shape index (κ1) is 13.5. The Kier molecular flexibility index (Phi) is 4.36. The average molecular weight is 250 g/mol. The van der Waals surface area contributed by atoms with Crippen LogP contribution in [0.25, 0.3) is 0 Å². The third-order valence-electron chi connectivity index (χ3n) is 4.26. The van der Waals surface area contributed by atoms with Crippen molar-refractivity contribution in [1.29, 1.82) is 0 Å². The van der Waals surface area contributed by atoms with Crippen molar-refractivity contribution in [2.45, 2.75) is 38.3 Å². The largest absolute Gasteiger partial charge is 0.327 e. The van der Waals surface area contributed by atoms with E-state index in [-0.39, 0.29) is 11.9 Å². The Bertz CT molecular complexity index is 394. The molecule has 2 nitrogen and oxygen atoms in total. The summed E-state index contributed by atoms with van der Waals surface area (Å²) in [4.78, 5) is 2.22. The van der Waals surface area contributed by atoms with Crippen LogP contribution in [0.3, 0.4) is 0 Å². The molecule has 1 aliphatic carbocycles. The van der Waals surface area contributed by atoms with E-state index in [1.165, 1.54) is 18.9 Å². The molecular weight excluding hydrogens is 227 g/mol. The minimum Gasteiger partial charge on any atom is -0.327 e.